The molecule has 2 unspecified atom stereocenters. The summed E-state index contributed by atoms with van der Waals surface area (Å²) >= 11 is 0. The molecule has 2 aromatic rings. The average molecular weight is 328 g/mol. The maximum Gasteiger partial charge on any atom is 0.254 e. The molecule has 1 fully saturated rings. The van der Waals surface area contributed by atoms with Crippen molar-refractivity contribution in [2.75, 3.05) is 6.54 Å². The molecule has 1 heterocycles. The number of aliphatic hydroxyl groups excluding tert-OH is 1. The van der Waals surface area contributed by atoms with Crippen molar-refractivity contribution >= 4 is 11.8 Å². The smallest absolute Gasteiger partial charge is 0.254 e. The first kappa shape index (κ1) is 16.1. The van der Waals surface area contributed by atoms with Gasteiger partial charge in [-0.2, -0.15) is 0 Å². The van der Waals surface area contributed by atoms with Crippen molar-refractivity contribution in [2.45, 2.75) is 18.6 Å². The number of nitrogens with two attached hydrogens (primary N) is 1. The Labute approximate surface area is 138 Å². The van der Waals surface area contributed by atoms with E-state index in [9.17, 15) is 19.1 Å². The summed E-state index contributed by atoms with van der Waals surface area (Å²) in [6.45, 7) is 0.154. The zero-order valence-electron chi connectivity index (χ0n) is 12.9. The Balaban J connectivity index is 1.92. The zero-order valence-corrected chi connectivity index (χ0v) is 12.9. The minimum absolute atomic E-state index is 0.154. The van der Waals surface area contributed by atoms with Crippen molar-refractivity contribution in [3.8, 4) is 0 Å². The van der Waals surface area contributed by atoms with E-state index in [0.717, 1.165) is 0 Å². The Morgan fingerprint density at radius 3 is 2.54 bits per heavy atom. The molecule has 1 aliphatic rings. The summed E-state index contributed by atoms with van der Waals surface area (Å²) in [5.74, 6) is -1.34. The lowest BCUT2D eigenvalue weighted by Crippen LogP contribution is -2.32. The van der Waals surface area contributed by atoms with Gasteiger partial charge in [-0.3, -0.25) is 9.59 Å². The number of primary amides is 1. The molecule has 3 N–H and O–H groups in total. The number of amides is 2. The molecule has 124 valence electrons. The molecule has 0 spiro atoms. The van der Waals surface area contributed by atoms with E-state index >= 15 is 0 Å². The minimum atomic E-state index is -0.679. The van der Waals surface area contributed by atoms with Crippen LogP contribution < -0.4 is 5.73 Å². The highest BCUT2D eigenvalue weighted by molar-refractivity contribution is 5.99. The van der Waals surface area contributed by atoms with Crippen LogP contribution in [0.3, 0.4) is 0 Å². The van der Waals surface area contributed by atoms with E-state index in [2.05, 4.69) is 0 Å². The first-order chi connectivity index (χ1) is 11.5. The number of halogens is 1. The van der Waals surface area contributed by atoms with Crippen LogP contribution in [0.4, 0.5) is 4.39 Å². The molecule has 0 radical (unpaired) electrons. The Kier molecular flexibility index (Phi) is 4.31. The van der Waals surface area contributed by atoms with Crippen molar-refractivity contribution in [3.63, 3.8) is 0 Å². The summed E-state index contributed by atoms with van der Waals surface area (Å²) in [6, 6.07) is 11.7. The monoisotopic (exact) mass is 328 g/mol. The van der Waals surface area contributed by atoms with E-state index in [-0.39, 0.29) is 18.0 Å². The normalized spacial score (nSPS) is 20.2. The van der Waals surface area contributed by atoms with E-state index in [1.165, 1.54) is 29.2 Å². The number of β-amino-alcohol motifs (C(OH)–C–C–N with tert-alkyl or cyclic N) is 1. The maximum atomic E-state index is 13.5. The summed E-state index contributed by atoms with van der Waals surface area (Å²) in [5, 5.41) is 9.98. The molecule has 6 heteroatoms. The number of benzene rings is 2. The lowest BCUT2D eigenvalue weighted by Gasteiger charge is -2.25. The number of carbonyl (C=O) groups is 2. The number of likely N-dealkylation sites (tertiary alicyclic amines) is 1. The summed E-state index contributed by atoms with van der Waals surface area (Å²) in [4.78, 5) is 25.6. The predicted octanol–water partition coefficient (Wildman–Crippen LogP) is 1.87. The topological polar surface area (TPSA) is 83.6 Å². The van der Waals surface area contributed by atoms with Gasteiger partial charge in [0.2, 0.25) is 5.91 Å². The highest BCUT2D eigenvalue weighted by Crippen LogP contribution is 2.33. The third kappa shape index (κ3) is 3.14. The zero-order chi connectivity index (χ0) is 17.3. The number of carbonyl (C=O) groups excluding carboxylic acids is 2. The third-order valence-corrected chi connectivity index (χ3v) is 4.17. The molecule has 2 aromatic carbocycles. The van der Waals surface area contributed by atoms with Crippen LogP contribution in [0.15, 0.2) is 48.5 Å². The van der Waals surface area contributed by atoms with Gasteiger partial charge in [0.15, 0.2) is 0 Å². The summed E-state index contributed by atoms with van der Waals surface area (Å²) in [6.07, 6.45) is -0.341. The van der Waals surface area contributed by atoms with Crippen molar-refractivity contribution in [2.24, 2.45) is 5.73 Å². The van der Waals surface area contributed by atoms with Gasteiger partial charge in [0.05, 0.1) is 12.1 Å². The second kappa shape index (κ2) is 6.41. The maximum absolute atomic E-state index is 13.5. The van der Waals surface area contributed by atoms with E-state index in [1.807, 2.05) is 0 Å². The van der Waals surface area contributed by atoms with Gasteiger partial charge in [-0.15, -0.1) is 0 Å². The molecule has 3 rings (SSSR count). The molecule has 0 saturated carbocycles. The molecule has 1 saturated heterocycles. The standard InChI is InChI=1S/C18H17FN2O3/c19-14-6-2-3-11(8-14)16-9-15(22)10-21(16)18(24)13-5-1-4-12(7-13)17(20)23/h1-8,15-16,22H,9-10H2,(H2,20,23). The highest BCUT2D eigenvalue weighted by Gasteiger charge is 2.35. The van der Waals surface area contributed by atoms with Gasteiger partial charge in [-0.05, 0) is 42.3 Å². The Morgan fingerprint density at radius 2 is 1.83 bits per heavy atom. The van der Waals surface area contributed by atoms with Gasteiger partial charge in [0.1, 0.15) is 5.82 Å². The molecular weight excluding hydrogens is 311 g/mol. The summed E-state index contributed by atoms with van der Waals surface area (Å²) < 4.78 is 13.5. The van der Waals surface area contributed by atoms with E-state index in [1.54, 1.807) is 24.3 Å². The third-order valence-electron chi connectivity index (χ3n) is 4.17. The summed E-state index contributed by atoms with van der Waals surface area (Å²) in [7, 11) is 0. The van der Waals surface area contributed by atoms with Crippen molar-refractivity contribution in [1.82, 2.24) is 4.90 Å². The van der Waals surface area contributed by atoms with Gasteiger partial charge in [0.25, 0.3) is 5.91 Å². The van der Waals surface area contributed by atoms with Gasteiger partial charge < -0.3 is 15.7 Å². The van der Waals surface area contributed by atoms with Gasteiger partial charge in [0, 0.05) is 17.7 Å². The molecule has 5 nitrogen and oxygen atoms in total. The van der Waals surface area contributed by atoms with E-state index in [0.29, 0.717) is 17.5 Å². The molecule has 24 heavy (non-hydrogen) atoms. The predicted molar refractivity (Wildman–Crippen MR) is 85.8 cm³/mol. The quantitative estimate of drug-likeness (QED) is 0.902. The highest BCUT2D eigenvalue weighted by atomic mass is 19.1. The van der Waals surface area contributed by atoms with Crippen molar-refractivity contribution in [1.29, 1.82) is 0 Å². The van der Waals surface area contributed by atoms with Crippen LogP contribution >= 0.6 is 0 Å². The van der Waals surface area contributed by atoms with Crippen LogP contribution in [0.5, 0.6) is 0 Å². The van der Waals surface area contributed by atoms with Crippen LogP contribution in [-0.4, -0.2) is 34.5 Å². The first-order valence-electron chi connectivity index (χ1n) is 7.60. The van der Waals surface area contributed by atoms with Crippen LogP contribution in [-0.2, 0) is 0 Å². The van der Waals surface area contributed by atoms with Gasteiger partial charge in [-0.1, -0.05) is 18.2 Å². The van der Waals surface area contributed by atoms with E-state index < -0.39 is 23.9 Å². The molecule has 0 aliphatic carbocycles. The van der Waals surface area contributed by atoms with Crippen molar-refractivity contribution < 1.29 is 19.1 Å². The van der Waals surface area contributed by atoms with Crippen LogP contribution in [0.25, 0.3) is 0 Å². The largest absolute Gasteiger partial charge is 0.391 e. The Morgan fingerprint density at radius 1 is 1.12 bits per heavy atom. The number of nitrogens with zero attached hydrogens (tertiary/aromatic N) is 1. The second-order valence-corrected chi connectivity index (χ2v) is 5.86. The number of aliphatic hydroxyl groups is 1. The van der Waals surface area contributed by atoms with Gasteiger partial charge >= 0.3 is 0 Å². The molecule has 2 atom stereocenters. The average Bonchev–Trinajstić information content (AvgIpc) is 2.96. The van der Waals surface area contributed by atoms with Gasteiger partial charge in [-0.25, -0.2) is 4.39 Å². The lowest BCUT2D eigenvalue weighted by atomic mass is 10.0. The van der Waals surface area contributed by atoms with E-state index in [4.69, 9.17) is 5.73 Å². The SMILES string of the molecule is NC(=O)c1cccc(C(=O)N2CC(O)CC2c2cccc(F)c2)c1. The molecule has 1 aliphatic heterocycles. The number of hydrogen-bond acceptors (Lipinski definition) is 3. The summed E-state index contributed by atoms with van der Waals surface area (Å²) in [5.41, 5.74) is 6.42. The fraction of sp³-hybridized carbons (Fsp3) is 0.222. The molecule has 0 aromatic heterocycles. The first-order valence-corrected chi connectivity index (χ1v) is 7.60. The molecule has 0 bridgehead atoms. The van der Waals surface area contributed by atoms with Crippen LogP contribution in [0.2, 0.25) is 0 Å². The lowest BCUT2D eigenvalue weighted by molar-refractivity contribution is 0.0715. The fourth-order valence-electron chi connectivity index (χ4n) is 3.04. The van der Waals surface area contributed by atoms with Crippen LogP contribution in [0.1, 0.15) is 38.7 Å². The van der Waals surface area contributed by atoms with Crippen LogP contribution in [0, 0.1) is 5.82 Å². The minimum Gasteiger partial charge on any atom is -0.391 e. The fourth-order valence-corrected chi connectivity index (χ4v) is 3.04. The molecule has 2 amide bonds. The Bertz CT molecular complexity index is 793. The Hall–Kier alpha value is -2.73. The number of hydrogen-bond donors (Lipinski definition) is 2. The molecular formula is C18H17FN2O3. The van der Waals surface area contributed by atoms with Crippen molar-refractivity contribution in [3.05, 3.63) is 71.0 Å². The number of rotatable bonds is 3. The second-order valence-electron chi connectivity index (χ2n) is 5.86.